The highest BCUT2D eigenvalue weighted by Crippen LogP contribution is 2.26. The first-order valence-corrected chi connectivity index (χ1v) is 6.26. The van der Waals surface area contributed by atoms with Gasteiger partial charge in [0.1, 0.15) is 6.10 Å². The Morgan fingerprint density at radius 2 is 1.88 bits per heavy atom. The SMILES string of the molecule is CC1CCCC1NC(=O)[C@@H]1CC[C@H](C(=O)O)O1. The van der Waals surface area contributed by atoms with Crippen molar-refractivity contribution in [1.82, 2.24) is 5.32 Å². The Morgan fingerprint density at radius 3 is 2.41 bits per heavy atom. The lowest BCUT2D eigenvalue weighted by molar-refractivity contribution is -0.152. The Hall–Kier alpha value is -1.10. The van der Waals surface area contributed by atoms with Crippen LogP contribution in [0, 0.1) is 5.92 Å². The third kappa shape index (κ3) is 2.77. The number of hydrogen-bond acceptors (Lipinski definition) is 3. The topological polar surface area (TPSA) is 75.6 Å². The molecule has 2 unspecified atom stereocenters. The number of hydrogen-bond donors (Lipinski definition) is 2. The average Bonchev–Trinajstić information content (AvgIpc) is 2.88. The van der Waals surface area contributed by atoms with Crippen LogP contribution in [0.25, 0.3) is 0 Å². The number of carboxylic acids is 1. The highest BCUT2D eigenvalue weighted by atomic mass is 16.5. The van der Waals surface area contributed by atoms with Crippen LogP contribution in [0.4, 0.5) is 0 Å². The molecule has 17 heavy (non-hydrogen) atoms. The molecule has 1 amide bonds. The summed E-state index contributed by atoms with van der Waals surface area (Å²) >= 11 is 0. The molecule has 4 atom stereocenters. The Balaban J connectivity index is 1.83. The number of aliphatic carboxylic acids is 1. The van der Waals surface area contributed by atoms with Gasteiger partial charge in [0, 0.05) is 6.04 Å². The Morgan fingerprint density at radius 1 is 1.18 bits per heavy atom. The van der Waals surface area contributed by atoms with Gasteiger partial charge < -0.3 is 15.2 Å². The van der Waals surface area contributed by atoms with E-state index >= 15 is 0 Å². The smallest absolute Gasteiger partial charge is 0.332 e. The molecule has 1 heterocycles. The van der Waals surface area contributed by atoms with Gasteiger partial charge in [0.2, 0.25) is 5.91 Å². The Labute approximate surface area is 101 Å². The minimum atomic E-state index is -0.977. The van der Waals surface area contributed by atoms with Crippen LogP contribution >= 0.6 is 0 Å². The lowest BCUT2D eigenvalue weighted by Gasteiger charge is -2.19. The van der Waals surface area contributed by atoms with Gasteiger partial charge >= 0.3 is 5.97 Å². The van der Waals surface area contributed by atoms with Crippen molar-refractivity contribution >= 4 is 11.9 Å². The predicted molar refractivity (Wildman–Crippen MR) is 60.5 cm³/mol. The van der Waals surface area contributed by atoms with Gasteiger partial charge in [-0.15, -0.1) is 0 Å². The number of carbonyl (C=O) groups excluding carboxylic acids is 1. The van der Waals surface area contributed by atoms with Gasteiger partial charge in [0.25, 0.3) is 0 Å². The van der Waals surface area contributed by atoms with Gasteiger partial charge in [0.15, 0.2) is 6.10 Å². The van der Waals surface area contributed by atoms with Crippen molar-refractivity contribution in [2.75, 3.05) is 0 Å². The summed E-state index contributed by atoms with van der Waals surface area (Å²) in [5.74, 6) is -0.613. The van der Waals surface area contributed by atoms with E-state index < -0.39 is 18.2 Å². The van der Waals surface area contributed by atoms with Crippen molar-refractivity contribution in [2.45, 2.75) is 57.3 Å². The molecular formula is C12H19NO4. The maximum absolute atomic E-state index is 11.9. The first-order chi connectivity index (χ1) is 8.08. The fraction of sp³-hybridized carbons (Fsp3) is 0.833. The monoisotopic (exact) mass is 241 g/mol. The Kier molecular flexibility index (Phi) is 3.66. The highest BCUT2D eigenvalue weighted by Gasteiger charge is 2.36. The number of amides is 1. The number of carboxylic acid groups (broad SMARTS) is 1. The van der Waals surface area contributed by atoms with Gasteiger partial charge in [0.05, 0.1) is 0 Å². The van der Waals surface area contributed by atoms with E-state index in [9.17, 15) is 9.59 Å². The molecule has 5 heteroatoms. The highest BCUT2D eigenvalue weighted by molar-refractivity contribution is 5.82. The van der Waals surface area contributed by atoms with Gasteiger partial charge in [-0.05, 0) is 31.6 Å². The molecule has 2 fully saturated rings. The van der Waals surface area contributed by atoms with Crippen LogP contribution in [-0.2, 0) is 14.3 Å². The lowest BCUT2D eigenvalue weighted by Crippen LogP contribution is -2.42. The van der Waals surface area contributed by atoms with E-state index in [4.69, 9.17) is 9.84 Å². The number of rotatable bonds is 3. The van der Waals surface area contributed by atoms with Crippen LogP contribution in [0.5, 0.6) is 0 Å². The van der Waals surface area contributed by atoms with Crippen molar-refractivity contribution in [1.29, 1.82) is 0 Å². The van der Waals surface area contributed by atoms with Crippen LogP contribution in [0.2, 0.25) is 0 Å². The number of ether oxygens (including phenoxy) is 1. The minimum Gasteiger partial charge on any atom is -0.479 e. The molecule has 0 aromatic heterocycles. The maximum Gasteiger partial charge on any atom is 0.332 e. The number of carbonyl (C=O) groups is 2. The molecule has 0 aromatic carbocycles. The van der Waals surface area contributed by atoms with Crippen LogP contribution in [-0.4, -0.2) is 35.2 Å². The first-order valence-electron chi connectivity index (χ1n) is 6.26. The third-order valence-corrected chi connectivity index (χ3v) is 3.78. The molecular weight excluding hydrogens is 222 g/mol. The van der Waals surface area contributed by atoms with Crippen molar-refractivity contribution in [3.8, 4) is 0 Å². The molecule has 1 saturated heterocycles. The van der Waals surface area contributed by atoms with Crippen LogP contribution < -0.4 is 5.32 Å². The summed E-state index contributed by atoms with van der Waals surface area (Å²) in [6.07, 6.45) is 2.85. The summed E-state index contributed by atoms with van der Waals surface area (Å²) < 4.78 is 5.22. The normalized spacial score (nSPS) is 37.0. The summed E-state index contributed by atoms with van der Waals surface area (Å²) in [5, 5.41) is 11.8. The molecule has 1 aliphatic carbocycles. The van der Waals surface area contributed by atoms with E-state index in [0.29, 0.717) is 18.8 Å². The molecule has 0 aromatic rings. The summed E-state index contributed by atoms with van der Waals surface area (Å²) in [5.41, 5.74) is 0. The molecule has 2 rings (SSSR count). The van der Waals surface area contributed by atoms with Crippen molar-refractivity contribution in [3.05, 3.63) is 0 Å². The largest absolute Gasteiger partial charge is 0.479 e. The zero-order valence-electron chi connectivity index (χ0n) is 10.0. The van der Waals surface area contributed by atoms with Crippen molar-refractivity contribution in [2.24, 2.45) is 5.92 Å². The predicted octanol–water partition coefficient (Wildman–Crippen LogP) is 0.923. The first kappa shape index (κ1) is 12.4. The van der Waals surface area contributed by atoms with Gasteiger partial charge in [-0.1, -0.05) is 13.3 Å². The molecule has 2 N–H and O–H groups in total. The average molecular weight is 241 g/mol. The third-order valence-electron chi connectivity index (χ3n) is 3.78. The second-order valence-electron chi connectivity index (χ2n) is 5.05. The molecule has 96 valence electrons. The summed E-state index contributed by atoms with van der Waals surface area (Å²) in [4.78, 5) is 22.6. The lowest BCUT2D eigenvalue weighted by atomic mass is 10.1. The molecule has 0 spiro atoms. The van der Waals surface area contributed by atoms with E-state index in [0.717, 1.165) is 19.3 Å². The van der Waals surface area contributed by atoms with E-state index in [-0.39, 0.29) is 11.9 Å². The maximum atomic E-state index is 11.9. The molecule has 0 radical (unpaired) electrons. The fourth-order valence-electron chi connectivity index (χ4n) is 2.65. The second kappa shape index (κ2) is 5.04. The quantitative estimate of drug-likeness (QED) is 0.770. The zero-order chi connectivity index (χ0) is 12.4. The van der Waals surface area contributed by atoms with E-state index in [1.165, 1.54) is 0 Å². The van der Waals surface area contributed by atoms with Crippen molar-refractivity contribution < 1.29 is 19.4 Å². The zero-order valence-corrected chi connectivity index (χ0v) is 10.0. The van der Waals surface area contributed by atoms with E-state index in [1.807, 2.05) is 0 Å². The standard InChI is InChI=1S/C12H19NO4/c1-7-3-2-4-8(7)13-11(14)9-5-6-10(17-9)12(15)16/h7-10H,2-6H2,1H3,(H,13,14)(H,15,16)/t7?,8?,9-,10+/m0/s1. The second-order valence-corrected chi connectivity index (χ2v) is 5.05. The number of nitrogens with one attached hydrogen (secondary N) is 1. The molecule has 0 bridgehead atoms. The fourth-order valence-corrected chi connectivity index (χ4v) is 2.65. The molecule has 2 aliphatic rings. The summed E-state index contributed by atoms with van der Waals surface area (Å²) in [6.45, 7) is 2.13. The molecule has 1 aliphatic heterocycles. The van der Waals surface area contributed by atoms with Gasteiger partial charge in [-0.3, -0.25) is 4.79 Å². The Bertz CT molecular complexity index is 318. The summed E-state index contributed by atoms with van der Waals surface area (Å²) in [7, 11) is 0. The van der Waals surface area contributed by atoms with Gasteiger partial charge in [-0.25, -0.2) is 4.79 Å². The van der Waals surface area contributed by atoms with E-state index in [2.05, 4.69) is 12.2 Å². The van der Waals surface area contributed by atoms with E-state index in [1.54, 1.807) is 0 Å². The molecule has 1 saturated carbocycles. The van der Waals surface area contributed by atoms with Crippen LogP contribution in [0.3, 0.4) is 0 Å². The molecule has 5 nitrogen and oxygen atoms in total. The van der Waals surface area contributed by atoms with Gasteiger partial charge in [-0.2, -0.15) is 0 Å². The minimum absolute atomic E-state index is 0.146. The summed E-state index contributed by atoms with van der Waals surface area (Å²) in [6, 6.07) is 0.231. The van der Waals surface area contributed by atoms with Crippen LogP contribution in [0.15, 0.2) is 0 Å². The van der Waals surface area contributed by atoms with Crippen LogP contribution in [0.1, 0.15) is 39.0 Å². The van der Waals surface area contributed by atoms with Crippen molar-refractivity contribution in [3.63, 3.8) is 0 Å².